The third kappa shape index (κ3) is 4.96. The molecule has 5 nitrogen and oxygen atoms in total. The highest BCUT2D eigenvalue weighted by molar-refractivity contribution is 7.91. The second-order valence-corrected chi connectivity index (χ2v) is 8.74. The number of nitrogens with zero attached hydrogens (tertiary/aromatic N) is 1. The highest BCUT2D eigenvalue weighted by atomic mass is 32.2. The van der Waals surface area contributed by atoms with E-state index < -0.39 is 9.84 Å². The SMILES string of the molecule is CCS(=O)(=O)c1ccc(NC(=O)N(CCC(C)C)C2CC2)cc1. The number of hydrogen-bond donors (Lipinski definition) is 1. The second kappa shape index (κ2) is 7.34. The fourth-order valence-corrected chi connectivity index (χ4v) is 3.23. The zero-order chi connectivity index (χ0) is 17.0. The molecule has 1 aromatic rings. The van der Waals surface area contributed by atoms with Gasteiger partial charge in [0.2, 0.25) is 0 Å². The van der Waals surface area contributed by atoms with Crippen molar-refractivity contribution >= 4 is 21.6 Å². The van der Waals surface area contributed by atoms with Crippen molar-refractivity contribution in [3.63, 3.8) is 0 Å². The number of rotatable bonds is 7. The minimum absolute atomic E-state index is 0.0728. The monoisotopic (exact) mass is 338 g/mol. The predicted octanol–water partition coefficient (Wildman–Crippen LogP) is 3.52. The molecule has 1 N–H and O–H groups in total. The van der Waals surface area contributed by atoms with E-state index in [0.717, 1.165) is 25.8 Å². The maximum atomic E-state index is 12.4. The van der Waals surface area contributed by atoms with Crippen molar-refractivity contribution in [2.45, 2.75) is 51.0 Å². The lowest BCUT2D eigenvalue weighted by molar-refractivity contribution is 0.205. The summed E-state index contributed by atoms with van der Waals surface area (Å²) in [6.45, 7) is 6.68. The van der Waals surface area contributed by atoms with Gasteiger partial charge in [0.15, 0.2) is 9.84 Å². The Bertz CT molecular complexity index is 634. The van der Waals surface area contributed by atoms with E-state index >= 15 is 0 Å². The van der Waals surface area contributed by atoms with Crippen molar-refractivity contribution in [1.82, 2.24) is 4.90 Å². The lowest BCUT2D eigenvalue weighted by atomic mass is 10.1. The molecule has 0 aromatic heterocycles. The first kappa shape index (κ1) is 17.8. The molecule has 0 unspecified atom stereocenters. The van der Waals surface area contributed by atoms with E-state index in [4.69, 9.17) is 0 Å². The number of sulfone groups is 1. The van der Waals surface area contributed by atoms with Crippen molar-refractivity contribution in [2.24, 2.45) is 5.92 Å². The van der Waals surface area contributed by atoms with Gasteiger partial charge in [-0.25, -0.2) is 13.2 Å². The van der Waals surface area contributed by atoms with Gasteiger partial charge in [-0.15, -0.1) is 0 Å². The predicted molar refractivity (Wildman–Crippen MR) is 92.4 cm³/mol. The summed E-state index contributed by atoms with van der Waals surface area (Å²) in [4.78, 5) is 14.6. The lowest BCUT2D eigenvalue weighted by Gasteiger charge is -2.23. The topological polar surface area (TPSA) is 66.5 Å². The summed E-state index contributed by atoms with van der Waals surface area (Å²) in [5, 5.41) is 2.88. The first-order chi connectivity index (χ1) is 10.8. The van der Waals surface area contributed by atoms with Gasteiger partial charge in [-0.3, -0.25) is 0 Å². The minimum Gasteiger partial charge on any atom is -0.322 e. The Hall–Kier alpha value is -1.56. The van der Waals surface area contributed by atoms with Crippen LogP contribution in [0.3, 0.4) is 0 Å². The fourth-order valence-electron chi connectivity index (χ4n) is 2.34. The first-order valence-electron chi connectivity index (χ1n) is 8.24. The van der Waals surface area contributed by atoms with Crippen molar-refractivity contribution < 1.29 is 13.2 Å². The van der Waals surface area contributed by atoms with Gasteiger partial charge in [-0.1, -0.05) is 20.8 Å². The summed E-state index contributed by atoms with van der Waals surface area (Å²) < 4.78 is 23.6. The molecule has 1 saturated carbocycles. The molecule has 6 heteroatoms. The van der Waals surface area contributed by atoms with Crippen LogP contribution in [0.5, 0.6) is 0 Å². The van der Waals surface area contributed by atoms with E-state index in [1.807, 2.05) is 4.90 Å². The summed E-state index contributed by atoms with van der Waals surface area (Å²) in [6, 6.07) is 6.64. The lowest BCUT2D eigenvalue weighted by Crippen LogP contribution is -2.37. The van der Waals surface area contributed by atoms with E-state index in [1.165, 1.54) is 0 Å². The van der Waals surface area contributed by atoms with E-state index in [9.17, 15) is 13.2 Å². The van der Waals surface area contributed by atoms with E-state index in [1.54, 1.807) is 31.2 Å². The zero-order valence-corrected chi connectivity index (χ0v) is 14.9. The molecule has 0 saturated heterocycles. The minimum atomic E-state index is -3.20. The Balaban J connectivity index is 2.01. The molecule has 0 radical (unpaired) electrons. The molecule has 0 atom stereocenters. The molecule has 1 aliphatic rings. The van der Waals surface area contributed by atoms with Crippen LogP contribution in [0.1, 0.15) is 40.0 Å². The quantitative estimate of drug-likeness (QED) is 0.827. The molecule has 0 aliphatic heterocycles. The maximum Gasteiger partial charge on any atom is 0.322 e. The van der Waals surface area contributed by atoms with Gasteiger partial charge < -0.3 is 10.2 Å². The molecule has 0 bridgehead atoms. The highest BCUT2D eigenvalue weighted by Gasteiger charge is 2.32. The standard InChI is InChI=1S/C17H26N2O3S/c1-4-23(21,22)16-9-5-14(6-10-16)18-17(20)19(15-7-8-15)12-11-13(2)3/h5-6,9-10,13,15H,4,7-8,11-12H2,1-3H3,(H,18,20). The van der Waals surface area contributed by atoms with Gasteiger partial charge in [0.1, 0.15) is 0 Å². The van der Waals surface area contributed by atoms with Crippen LogP contribution < -0.4 is 5.32 Å². The van der Waals surface area contributed by atoms with Gasteiger partial charge in [0.25, 0.3) is 0 Å². The Kier molecular flexibility index (Phi) is 5.68. The third-order valence-corrected chi connectivity index (χ3v) is 5.79. The van der Waals surface area contributed by atoms with Gasteiger partial charge in [-0.2, -0.15) is 0 Å². The first-order valence-corrected chi connectivity index (χ1v) is 9.89. The summed E-state index contributed by atoms with van der Waals surface area (Å²) in [5.74, 6) is 0.631. The number of urea groups is 1. The van der Waals surface area contributed by atoms with Gasteiger partial charge >= 0.3 is 6.03 Å². The Morgan fingerprint density at radius 1 is 1.26 bits per heavy atom. The number of anilines is 1. The van der Waals surface area contributed by atoms with Crippen LogP contribution in [0.15, 0.2) is 29.2 Å². The average Bonchev–Trinajstić information content (AvgIpc) is 3.32. The van der Waals surface area contributed by atoms with Crippen LogP contribution in [0.2, 0.25) is 0 Å². The molecule has 0 heterocycles. The van der Waals surface area contributed by atoms with Gasteiger partial charge in [0, 0.05) is 18.3 Å². The van der Waals surface area contributed by atoms with Crippen LogP contribution in [-0.2, 0) is 9.84 Å². The Morgan fingerprint density at radius 3 is 2.35 bits per heavy atom. The number of hydrogen-bond acceptors (Lipinski definition) is 3. The molecule has 2 rings (SSSR count). The average molecular weight is 338 g/mol. The van der Waals surface area contributed by atoms with Crippen LogP contribution >= 0.6 is 0 Å². The Labute approximate surface area is 139 Å². The largest absolute Gasteiger partial charge is 0.322 e. The molecule has 23 heavy (non-hydrogen) atoms. The maximum absolute atomic E-state index is 12.4. The van der Waals surface area contributed by atoms with E-state index in [-0.39, 0.29) is 16.7 Å². The summed E-state index contributed by atoms with van der Waals surface area (Å²) >= 11 is 0. The van der Waals surface area contributed by atoms with Gasteiger partial charge in [0.05, 0.1) is 10.6 Å². The number of amides is 2. The zero-order valence-electron chi connectivity index (χ0n) is 14.1. The summed E-state index contributed by atoms with van der Waals surface area (Å²) in [7, 11) is -3.20. The molecule has 1 fully saturated rings. The van der Waals surface area contributed by atoms with Crippen molar-refractivity contribution in [2.75, 3.05) is 17.6 Å². The molecule has 1 aliphatic carbocycles. The number of carbonyl (C=O) groups excluding carboxylic acids is 1. The molecular weight excluding hydrogens is 312 g/mol. The molecule has 2 amide bonds. The fraction of sp³-hybridized carbons (Fsp3) is 0.588. The number of benzene rings is 1. The highest BCUT2D eigenvalue weighted by Crippen LogP contribution is 2.28. The number of carbonyl (C=O) groups is 1. The smallest absolute Gasteiger partial charge is 0.322 e. The van der Waals surface area contributed by atoms with Crippen molar-refractivity contribution in [3.05, 3.63) is 24.3 Å². The van der Waals surface area contributed by atoms with E-state index in [0.29, 0.717) is 17.6 Å². The molecular formula is C17H26N2O3S. The van der Waals surface area contributed by atoms with Crippen LogP contribution in [-0.4, -0.2) is 37.7 Å². The molecule has 1 aromatic carbocycles. The van der Waals surface area contributed by atoms with Crippen molar-refractivity contribution in [1.29, 1.82) is 0 Å². The normalized spacial score (nSPS) is 14.8. The molecule has 128 valence electrons. The van der Waals surface area contributed by atoms with Crippen molar-refractivity contribution in [3.8, 4) is 0 Å². The third-order valence-electron chi connectivity index (χ3n) is 4.04. The Morgan fingerprint density at radius 2 is 1.87 bits per heavy atom. The van der Waals surface area contributed by atoms with Crippen LogP contribution in [0.25, 0.3) is 0 Å². The molecule has 0 spiro atoms. The number of nitrogens with one attached hydrogen (secondary N) is 1. The van der Waals surface area contributed by atoms with Gasteiger partial charge in [-0.05, 0) is 49.4 Å². The second-order valence-electron chi connectivity index (χ2n) is 6.47. The van der Waals surface area contributed by atoms with Crippen LogP contribution in [0.4, 0.5) is 10.5 Å². The van der Waals surface area contributed by atoms with Crippen LogP contribution in [0, 0.1) is 5.92 Å². The van der Waals surface area contributed by atoms with E-state index in [2.05, 4.69) is 19.2 Å². The summed E-state index contributed by atoms with van der Waals surface area (Å²) in [5.41, 5.74) is 0.625. The summed E-state index contributed by atoms with van der Waals surface area (Å²) in [6.07, 6.45) is 3.12.